The van der Waals surface area contributed by atoms with Gasteiger partial charge in [0.15, 0.2) is 0 Å². The van der Waals surface area contributed by atoms with E-state index in [1.54, 1.807) is 24.0 Å². The highest BCUT2D eigenvalue weighted by Crippen LogP contribution is 2.15. The van der Waals surface area contributed by atoms with Gasteiger partial charge in [-0.3, -0.25) is 9.67 Å². The van der Waals surface area contributed by atoms with Crippen LogP contribution < -0.4 is 0 Å². The van der Waals surface area contributed by atoms with Gasteiger partial charge in [0, 0.05) is 25.5 Å². The van der Waals surface area contributed by atoms with E-state index in [9.17, 15) is 4.39 Å². The van der Waals surface area contributed by atoms with Gasteiger partial charge in [0.2, 0.25) is 0 Å². The maximum atomic E-state index is 12.8. The van der Waals surface area contributed by atoms with Gasteiger partial charge in [-0.1, -0.05) is 0 Å². The Labute approximate surface area is 74.8 Å². The number of nitrogens with zero attached hydrogens (tertiary/aromatic N) is 3. The molecule has 2 aromatic rings. The molecule has 4 heteroatoms. The van der Waals surface area contributed by atoms with Crippen molar-refractivity contribution < 1.29 is 4.39 Å². The molecule has 0 saturated heterocycles. The highest BCUT2D eigenvalue weighted by molar-refractivity contribution is 5.53. The lowest BCUT2D eigenvalue weighted by Gasteiger charge is -1.99. The summed E-state index contributed by atoms with van der Waals surface area (Å²) in [6.45, 7) is 0. The molecule has 0 amide bonds. The molecule has 13 heavy (non-hydrogen) atoms. The van der Waals surface area contributed by atoms with Gasteiger partial charge in [0.1, 0.15) is 5.82 Å². The molecule has 0 unspecified atom stereocenters. The zero-order valence-electron chi connectivity index (χ0n) is 7.11. The molecule has 2 heterocycles. The number of pyridine rings is 1. The van der Waals surface area contributed by atoms with Crippen molar-refractivity contribution in [2.24, 2.45) is 7.05 Å². The summed E-state index contributed by atoms with van der Waals surface area (Å²) in [5.41, 5.74) is 1.40. The molecule has 0 N–H and O–H groups in total. The van der Waals surface area contributed by atoms with Crippen molar-refractivity contribution in [3.05, 3.63) is 36.4 Å². The number of aryl methyl sites for hydroxylation is 1. The molecule has 0 bridgehead atoms. The van der Waals surface area contributed by atoms with Crippen molar-refractivity contribution >= 4 is 0 Å². The first-order valence-electron chi connectivity index (χ1n) is 3.87. The van der Waals surface area contributed by atoms with Crippen LogP contribution in [-0.4, -0.2) is 14.8 Å². The van der Waals surface area contributed by atoms with Crippen molar-refractivity contribution in [3.8, 4) is 11.4 Å². The molecule has 0 spiro atoms. The molecule has 0 aromatic carbocycles. The zero-order chi connectivity index (χ0) is 9.26. The quantitative estimate of drug-likeness (QED) is 0.662. The van der Waals surface area contributed by atoms with Crippen molar-refractivity contribution in [2.75, 3.05) is 0 Å². The standard InChI is InChI=1S/C9H8FN3/c1-13-9(3-5-12-13)8-6-7(10)2-4-11-8/h2-6H,1H3. The second-order valence-electron chi connectivity index (χ2n) is 2.70. The Balaban J connectivity index is 2.53. The molecule has 0 fully saturated rings. The van der Waals surface area contributed by atoms with E-state index in [0.717, 1.165) is 5.69 Å². The maximum Gasteiger partial charge on any atom is 0.126 e. The molecule has 0 radical (unpaired) electrons. The Kier molecular flexibility index (Phi) is 1.81. The average molecular weight is 177 g/mol. The van der Waals surface area contributed by atoms with Crippen LogP contribution in [0.15, 0.2) is 30.6 Å². The fourth-order valence-corrected chi connectivity index (χ4v) is 1.17. The summed E-state index contributed by atoms with van der Waals surface area (Å²) in [4.78, 5) is 4.04. The normalized spacial score (nSPS) is 10.3. The Bertz CT molecular complexity index is 422. The Morgan fingerprint density at radius 3 is 2.77 bits per heavy atom. The van der Waals surface area contributed by atoms with Gasteiger partial charge >= 0.3 is 0 Å². The second kappa shape index (κ2) is 2.97. The van der Waals surface area contributed by atoms with Gasteiger partial charge in [0.25, 0.3) is 0 Å². The van der Waals surface area contributed by atoms with Gasteiger partial charge in [-0.05, 0) is 12.1 Å². The van der Waals surface area contributed by atoms with E-state index in [0.29, 0.717) is 5.69 Å². The number of rotatable bonds is 1. The highest BCUT2D eigenvalue weighted by atomic mass is 19.1. The fraction of sp³-hybridized carbons (Fsp3) is 0.111. The van der Waals surface area contributed by atoms with Gasteiger partial charge in [-0.2, -0.15) is 5.10 Å². The molecule has 0 aliphatic heterocycles. The molecule has 3 nitrogen and oxygen atoms in total. The van der Waals surface area contributed by atoms with E-state index in [-0.39, 0.29) is 5.82 Å². The van der Waals surface area contributed by atoms with Gasteiger partial charge in [-0.15, -0.1) is 0 Å². The molecule has 2 aromatic heterocycles. The van der Waals surface area contributed by atoms with Gasteiger partial charge in [0.05, 0.1) is 11.4 Å². The van der Waals surface area contributed by atoms with Crippen LogP contribution in [-0.2, 0) is 7.05 Å². The van der Waals surface area contributed by atoms with Crippen LogP contribution in [0.1, 0.15) is 0 Å². The highest BCUT2D eigenvalue weighted by Gasteiger charge is 2.03. The maximum absolute atomic E-state index is 12.8. The molecule has 66 valence electrons. The van der Waals surface area contributed by atoms with Crippen molar-refractivity contribution in [1.29, 1.82) is 0 Å². The fourth-order valence-electron chi connectivity index (χ4n) is 1.17. The van der Waals surface area contributed by atoms with Crippen LogP contribution in [0, 0.1) is 5.82 Å². The van der Waals surface area contributed by atoms with E-state index < -0.39 is 0 Å². The summed E-state index contributed by atoms with van der Waals surface area (Å²) in [7, 11) is 1.79. The summed E-state index contributed by atoms with van der Waals surface area (Å²) >= 11 is 0. The molecule has 0 saturated carbocycles. The van der Waals surface area contributed by atoms with E-state index in [2.05, 4.69) is 10.1 Å². The Morgan fingerprint density at radius 1 is 1.31 bits per heavy atom. The SMILES string of the molecule is Cn1nccc1-c1cc(F)ccn1. The number of hydrogen-bond donors (Lipinski definition) is 0. The van der Waals surface area contributed by atoms with Gasteiger partial charge in [-0.25, -0.2) is 4.39 Å². The number of aromatic nitrogens is 3. The minimum absolute atomic E-state index is 0.286. The lowest BCUT2D eigenvalue weighted by atomic mass is 10.3. The smallest absolute Gasteiger partial charge is 0.126 e. The third-order valence-corrected chi connectivity index (χ3v) is 1.81. The lowest BCUT2D eigenvalue weighted by molar-refractivity contribution is 0.625. The number of hydrogen-bond acceptors (Lipinski definition) is 2. The average Bonchev–Trinajstić information content (AvgIpc) is 2.51. The summed E-state index contributed by atoms with van der Waals surface area (Å²) in [6, 6.07) is 4.50. The lowest BCUT2D eigenvalue weighted by Crippen LogP contribution is -1.95. The predicted molar refractivity (Wildman–Crippen MR) is 46.4 cm³/mol. The molecule has 0 atom stereocenters. The molecular weight excluding hydrogens is 169 g/mol. The first-order valence-corrected chi connectivity index (χ1v) is 3.87. The topological polar surface area (TPSA) is 30.7 Å². The van der Waals surface area contributed by atoms with Crippen LogP contribution in [0.25, 0.3) is 11.4 Å². The summed E-state index contributed by atoms with van der Waals surface area (Å²) in [5.74, 6) is -0.286. The van der Waals surface area contributed by atoms with Crippen molar-refractivity contribution in [3.63, 3.8) is 0 Å². The van der Waals surface area contributed by atoms with Crippen molar-refractivity contribution in [2.45, 2.75) is 0 Å². The Morgan fingerprint density at radius 2 is 2.15 bits per heavy atom. The van der Waals surface area contributed by atoms with Crippen LogP contribution in [0.4, 0.5) is 4.39 Å². The first-order chi connectivity index (χ1) is 6.27. The summed E-state index contributed by atoms with van der Waals surface area (Å²) in [5, 5.41) is 3.98. The molecule has 0 aliphatic carbocycles. The van der Waals surface area contributed by atoms with E-state index in [1.165, 1.54) is 18.3 Å². The van der Waals surface area contributed by atoms with E-state index in [1.807, 2.05) is 0 Å². The third kappa shape index (κ3) is 1.42. The van der Waals surface area contributed by atoms with Crippen LogP contribution >= 0.6 is 0 Å². The van der Waals surface area contributed by atoms with Gasteiger partial charge < -0.3 is 0 Å². The minimum atomic E-state index is -0.286. The molecule has 2 rings (SSSR count). The van der Waals surface area contributed by atoms with Crippen LogP contribution in [0.2, 0.25) is 0 Å². The Hall–Kier alpha value is -1.71. The number of halogens is 1. The van der Waals surface area contributed by atoms with E-state index in [4.69, 9.17) is 0 Å². The summed E-state index contributed by atoms with van der Waals surface area (Å²) < 4.78 is 14.5. The van der Waals surface area contributed by atoms with E-state index >= 15 is 0 Å². The van der Waals surface area contributed by atoms with Crippen LogP contribution in [0.5, 0.6) is 0 Å². The zero-order valence-corrected chi connectivity index (χ0v) is 7.11. The molecule has 0 aliphatic rings. The third-order valence-electron chi connectivity index (χ3n) is 1.81. The monoisotopic (exact) mass is 177 g/mol. The first kappa shape index (κ1) is 7.91. The predicted octanol–water partition coefficient (Wildman–Crippen LogP) is 1.62. The van der Waals surface area contributed by atoms with Crippen molar-refractivity contribution in [1.82, 2.24) is 14.8 Å². The largest absolute Gasteiger partial charge is 0.266 e. The molecular formula is C9H8FN3. The second-order valence-corrected chi connectivity index (χ2v) is 2.70. The minimum Gasteiger partial charge on any atom is -0.266 e. The summed E-state index contributed by atoms with van der Waals surface area (Å²) in [6.07, 6.45) is 3.10. The van der Waals surface area contributed by atoms with Crippen LogP contribution in [0.3, 0.4) is 0 Å².